The van der Waals surface area contributed by atoms with Gasteiger partial charge in [0.25, 0.3) is 0 Å². The van der Waals surface area contributed by atoms with Crippen molar-refractivity contribution in [2.24, 2.45) is 0 Å². The zero-order valence-corrected chi connectivity index (χ0v) is 6.50. The van der Waals surface area contributed by atoms with Crippen LogP contribution in [0.2, 0.25) is 5.15 Å². The van der Waals surface area contributed by atoms with E-state index in [4.69, 9.17) is 11.6 Å². The fraction of sp³-hybridized carbons (Fsp3) is 0.167. The predicted octanol–water partition coefficient (Wildman–Crippen LogP) is 1.06. The number of aromatic nitrogens is 2. The summed E-state index contributed by atoms with van der Waals surface area (Å²) >= 11 is 5.46. The summed E-state index contributed by atoms with van der Waals surface area (Å²) in [6.45, 7) is 1.28. The molecule has 4 nitrogen and oxygen atoms in total. The highest BCUT2D eigenvalue weighted by Crippen LogP contribution is 2.08. The van der Waals surface area contributed by atoms with Gasteiger partial charge in [0, 0.05) is 6.92 Å². The van der Waals surface area contributed by atoms with Gasteiger partial charge in [-0.1, -0.05) is 11.6 Å². The summed E-state index contributed by atoms with van der Waals surface area (Å²) in [7, 11) is 0. The van der Waals surface area contributed by atoms with Crippen LogP contribution in [-0.4, -0.2) is 15.9 Å². The van der Waals surface area contributed by atoms with Crippen LogP contribution in [0.15, 0.2) is 12.4 Å². The molecule has 0 atom stereocenters. The zero-order chi connectivity index (χ0) is 8.27. The fourth-order valence-corrected chi connectivity index (χ4v) is 0.662. The van der Waals surface area contributed by atoms with E-state index >= 15 is 0 Å². The van der Waals surface area contributed by atoms with Crippen molar-refractivity contribution >= 4 is 17.6 Å². The Morgan fingerprint density at radius 3 is 2.91 bits per heavy atom. The normalized spacial score (nSPS) is 9.27. The summed E-state index contributed by atoms with van der Waals surface area (Å²) in [5.74, 6) is -0.327. The van der Waals surface area contributed by atoms with Crippen molar-refractivity contribution in [2.75, 3.05) is 0 Å². The molecule has 0 radical (unpaired) electrons. The van der Waals surface area contributed by atoms with Gasteiger partial charge in [0.15, 0.2) is 5.15 Å². The van der Waals surface area contributed by atoms with Gasteiger partial charge in [-0.15, -0.1) is 0 Å². The molecule has 1 heterocycles. The topological polar surface area (TPSA) is 52.1 Å². The summed E-state index contributed by atoms with van der Waals surface area (Å²) in [6, 6.07) is 0. The van der Waals surface area contributed by atoms with Crippen molar-refractivity contribution in [1.82, 2.24) is 9.97 Å². The largest absolute Gasteiger partial charge is 0.406 e. The third kappa shape index (κ3) is 2.51. The first kappa shape index (κ1) is 7.94. The van der Waals surface area contributed by atoms with Crippen LogP contribution >= 0.6 is 11.6 Å². The second-order valence-electron chi connectivity index (χ2n) is 1.77. The maximum Gasteiger partial charge on any atom is 0.309 e. The Morgan fingerprint density at radius 1 is 1.64 bits per heavy atom. The lowest BCUT2D eigenvalue weighted by Gasteiger charge is -1.97. The lowest BCUT2D eigenvalue weighted by molar-refractivity contribution is -0.132. The number of rotatable bonds is 1. The Hall–Kier alpha value is -1.16. The van der Waals surface area contributed by atoms with Crippen molar-refractivity contribution in [1.29, 1.82) is 0 Å². The maximum atomic E-state index is 10.4. The second-order valence-corrected chi connectivity index (χ2v) is 2.16. The average molecular weight is 173 g/mol. The van der Waals surface area contributed by atoms with Crippen LogP contribution in [0, 0.1) is 0 Å². The van der Waals surface area contributed by atoms with E-state index in [2.05, 4.69) is 14.7 Å². The van der Waals surface area contributed by atoms with Crippen LogP contribution in [0.3, 0.4) is 0 Å². The average Bonchev–Trinajstić information content (AvgIpc) is 1.85. The van der Waals surface area contributed by atoms with Gasteiger partial charge in [-0.2, -0.15) is 4.98 Å². The highest BCUT2D eigenvalue weighted by atomic mass is 35.5. The van der Waals surface area contributed by atoms with E-state index in [-0.39, 0.29) is 11.0 Å². The van der Waals surface area contributed by atoms with E-state index in [0.717, 1.165) is 0 Å². The van der Waals surface area contributed by atoms with Crippen LogP contribution < -0.4 is 4.74 Å². The lowest BCUT2D eigenvalue weighted by atomic mass is 10.7. The minimum atomic E-state index is -0.443. The van der Waals surface area contributed by atoms with E-state index in [0.29, 0.717) is 0 Å². The van der Waals surface area contributed by atoms with Gasteiger partial charge < -0.3 is 4.74 Å². The van der Waals surface area contributed by atoms with E-state index in [9.17, 15) is 4.79 Å². The van der Waals surface area contributed by atoms with Crippen molar-refractivity contribution in [3.63, 3.8) is 0 Å². The molecule has 0 unspecified atom stereocenters. The number of carbonyl (C=O) groups is 1. The Labute approximate surface area is 68.2 Å². The van der Waals surface area contributed by atoms with Crippen LogP contribution in [0.4, 0.5) is 0 Å². The van der Waals surface area contributed by atoms with Crippen molar-refractivity contribution in [3.8, 4) is 5.88 Å². The Morgan fingerprint density at radius 2 is 2.36 bits per heavy atom. The molecule has 0 saturated carbocycles. The van der Waals surface area contributed by atoms with Crippen molar-refractivity contribution < 1.29 is 9.53 Å². The first-order valence-corrected chi connectivity index (χ1v) is 3.22. The summed E-state index contributed by atoms with van der Waals surface area (Å²) < 4.78 is 4.60. The highest BCUT2D eigenvalue weighted by Gasteiger charge is 1.99. The first-order chi connectivity index (χ1) is 5.18. The molecule has 0 spiro atoms. The fourth-order valence-electron chi connectivity index (χ4n) is 0.522. The molecule has 1 aromatic heterocycles. The number of hydrogen-bond acceptors (Lipinski definition) is 4. The second kappa shape index (κ2) is 3.30. The summed E-state index contributed by atoms with van der Waals surface area (Å²) in [5, 5.41) is 0.198. The molecular formula is C6H5ClN2O2. The van der Waals surface area contributed by atoms with Gasteiger partial charge in [-0.25, -0.2) is 0 Å². The molecule has 0 amide bonds. The molecule has 1 aromatic rings. The minimum absolute atomic E-state index is 0.116. The van der Waals surface area contributed by atoms with Crippen LogP contribution in [-0.2, 0) is 4.79 Å². The molecule has 58 valence electrons. The smallest absolute Gasteiger partial charge is 0.309 e. The standard InChI is InChI=1S/C6H5ClN2O2/c1-4(10)11-6-3-8-2-5(7)9-6/h2-3H,1H3. The number of nitrogens with zero attached hydrogens (tertiary/aromatic N) is 2. The molecule has 0 N–H and O–H groups in total. The lowest BCUT2D eigenvalue weighted by Crippen LogP contribution is -2.03. The quantitative estimate of drug-likeness (QED) is 0.595. The van der Waals surface area contributed by atoms with E-state index < -0.39 is 5.97 Å². The van der Waals surface area contributed by atoms with E-state index in [1.165, 1.54) is 19.3 Å². The zero-order valence-electron chi connectivity index (χ0n) is 5.74. The van der Waals surface area contributed by atoms with Gasteiger partial charge >= 0.3 is 5.97 Å². The van der Waals surface area contributed by atoms with E-state index in [1.807, 2.05) is 0 Å². The molecule has 0 fully saturated rings. The van der Waals surface area contributed by atoms with Crippen LogP contribution in [0.5, 0.6) is 5.88 Å². The maximum absolute atomic E-state index is 10.4. The molecule has 1 rings (SSSR count). The molecule has 0 aliphatic rings. The molecule has 0 aliphatic carbocycles. The number of halogens is 1. The molecule has 0 aliphatic heterocycles. The minimum Gasteiger partial charge on any atom is -0.406 e. The van der Waals surface area contributed by atoms with Crippen LogP contribution in [0.1, 0.15) is 6.92 Å². The van der Waals surface area contributed by atoms with Gasteiger partial charge in [0.1, 0.15) is 0 Å². The SMILES string of the molecule is CC(=O)Oc1cncc(Cl)n1. The van der Waals surface area contributed by atoms with Gasteiger partial charge in [-0.05, 0) is 0 Å². The monoisotopic (exact) mass is 172 g/mol. The van der Waals surface area contributed by atoms with E-state index in [1.54, 1.807) is 0 Å². The Kier molecular flexibility index (Phi) is 2.38. The van der Waals surface area contributed by atoms with Crippen LogP contribution in [0.25, 0.3) is 0 Å². The molecule has 11 heavy (non-hydrogen) atoms. The summed E-state index contributed by atoms with van der Waals surface area (Å²) in [5.41, 5.74) is 0. The molecule has 5 heteroatoms. The van der Waals surface area contributed by atoms with Crippen molar-refractivity contribution in [3.05, 3.63) is 17.5 Å². The summed E-state index contributed by atoms with van der Waals surface area (Å²) in [4.78, 5) is 17.7. The number of carbonyl (C=O) groups excluding carboxylic acids is 1. The molecule has 0 aromatic carbocycles. The first-order valence-electron chi connectivity index (χ1n) is 2.84. The van der Waals surface area contributed by atoms with Gasteiger partial charge in [0.05, 0.1) is 12.4 Å². The molecular weight excluding hydrogens is 168 g/mol. The third-order valence-electron chi connectivity index (χ3n) is 0.831. The van der Waals surface area contributed by atoms with Crippen molar-refractivity contribution in [2.45, 2.75) is 6.92 Å². The number of ether oxygens (including phenoxy) is 1. The predicted molar refractivity (Wildman–Crippen MR) is 38.4 cm³/mol. The Bertz CT molecular complexity index is 277. The van der Waals surface area contributed by atoms with Gasteiger partial charge in [-0.3, -0.25) is 9.78 Å². The molecule has 0 saturated heterocycles. The number of esters is 1. The molecule has 0 bridgehead atoms. The third-order valence-corrected chi connectivity index (χ3v) is 1.01. The van der Waals surface area contributed by atoms with Gasteiger partial charge in [0.2, 0.25) is 5.88 Å². The highest BCUT2D eigenvalue weighted by molar-refractivity contribution is 6.29. The Balaban J connectivity index is 2.79. The number of hydrogen-bond donors (Lipinski definition) is 0. The summed E-state index contributed by atoms with van der Waals surface area (Å²) in [6.07, 6.45) is 2.67.